The standard InChI is InChI=1S/C14H16N2O3/c1-9-10(16-17)8-11(12-4-2-6-18-12)15-14(9)13-5-3-7-19-13/h2-7,9,11,14-15,17H,8H2,1H3/b16-10-/t9-,11-,14-/m1/s1. The Morgan fingerprint density at radius 1 is 1.21 bits per heavy atom. The summed E-state index contributed by atoms with van der Waals surface area (Å²) in [6, 6.07) is 7.52. The minimum Gasteiger partial charge on any atom is -0.468 e. The molecule has 0 spiro atoms. The average Bonchev–Trinajstić information content (AvgIpc) is 3.12. The highest BCUT2D eigenvalue weighted by atomic mass is 16.4. The topological polar surface area (TPSA) is 70.9 Å². The molecule has 0 unspecified atom stereocenters. The Kier molecular flexibility index (Phi) is 3.13. The van der Waals surface area contributed by atoms with Crippen LogP contribution in [0, 0.1) is 5.92 Å². The van der Waals surface area contributed by atoms with Gasteiger partial charge in [-0.05, 0) is 24.3 Å². The van der Waals surface area contributed by atoms with Crippen molar-refractivity contribution in [1.29, 1.82) is 0 Å². The van der Waals surface area contributed by atoms with Crippen LogP contribution in [0.3, 0.4) is 0 Å². The van der Waals surface area contributed by atoms with Crippen LogP contribution in [0.15, 0.2) is 50.8 Å². The maximum absolute atomic E-state index is 9.19. The van der Waals surface area contributed by atoms with Gasteiger partial charge in [0.15, 0.2) is 0 Å². The monoisotopic (exact) mass is 260 g/mol. The van der Waals surface area contributed by atoms with E-state index in [2.05, 4.69) is 10.5 Å². The predicted octanol–water partition coefficient (Wildman–Crippen LogP) is 3.11. The third kappa shape index (κ3) is 2.17. The highest BCUT2D eigenvalue weighted by molar-refractivity contribution is 5.88. The minimum absolute atomic E-state index is 0.00722. The molecule has 0 saturated carbocycles. The molecule has 2 aromatic rings. The normalized spacial score (nSPS) is 29.7. The van der Waals surface area contributed by atoms with Crippen LogP contribution in [0.5, 0.6) is 0 Å². The van der Waals surface area contributed by atoms with Crippen molar-refractivity contribution in [2.45, 2.75) is 25.4 Å². The van der Waals surface area contributed by atoms with Gasteiger partial charge in [0.2, 0.25) is 0 Å². The number of nitrogens with one attached hydrogen (secondary N) is 1. The summed E-state index contributed by atoms with van der Waals surface area (Å²) in [5, 5.41) is 16.1. The van der Waals surface area contributed by atoms with Gasteiger partial charge in [0.1, 0.15) is 11.5 Å². The van der Waals surface area contributed by atoms with Crippen molar-refractivity contribution in [2.75, 3.05) is 0 Å². The molecule has 2 N–H and O–H groups in total. The third-order valence-electron chi connectivity index (χ3n) is 3.68. The Morgan fingerprint density at radius 2 is 1.89 bits per heavy atom. The molecule has 0 amide bonds. The summed E-state index contributed by atoms with van der Waals surface area (Å²) in [6.45, 7) is 2.02. The highest BCUT2D eigenvalue weighted by Crippen LogP contribution is 2.35. The molecule has 0 aliphatic carbocycles. The number of hydrogen-bond donors (Lipinski definition) is 2. The first-order valence-electron chi connectivity index (χ1n) is 6.33. The number of furan rings is 2. The van der Waals surface area contributed by atoms with Gasteiger partial charge in [0, 0.05) is 12.3 Å². The molecular formula is C14H16N2O3. The molecule has 0 bridgehead atoms. The fraction of sp³-hybridized carbons (Fsp3) is 0.357. The largest absolute Gasteiger partial charge is 0.468 e. The molecule has 3 rings (SSSR count). The predicted molar refractivity (Wildman–Crippen MR) is 69.0 cm³/mol. The van der Waals surface area contributed by atoms with E-state index in [4.69, 9.17) is 8.83 Å². The van der Waals surface area contributed by atoms with Crippen molar-refractivity contribution < 1.29 is 14.0 Å². The Morgan fingerprint density at radius 3 is 2.47 bits per heavy atom. The zero-order chi connectivity index (χ0) is 13.2. The molecule has 5 nitrogen and oxygen atoms in total. The number of piperidine rings is 1. The van der Waals surface area contributed by atoms with Gasteiger partial charge in [-0.15, -0.1) is 0 Å². The number of rotatable bonds is 2. The van der Waals surface area contributed by atoms with Crippen LogP contribution < -0.4 is 5.32 Å². The maximum atomic E-state index is 9.19. The molecule has 1 aliphatic heterocycles. The number of hydrogen-bond acceptors (Lipinski definition) is 5. The van der Waals surface area contributed by atoms with Crippen molar-refractivity contribution >= 4 is 5.71 Å². The Bertz CT molecular complexity index is 545. The second-order valence-electron chi connectivity index (χ2n) is 4.81. The smallest absolute Gasteiger partial charge is 0.121 e. The first kappa shape index (κ1) is 12.0. The molecule has 3 atom stereocenters. The molecule has 5 heteroatoms. The van der Waals surface area contributed by atoms with Gasteiger partial charge in [-0.2, -0.15) is 0 Å². The number of oxime groups is 1. The fourth-order valence-electron chi connectivity index (χ4n) is 2.61. The van der Waals surface area contributed by atoms with Crippen molar-refractivity contribution in [3.05, 3.63) is 48.3 Å². The van der Waals surface area contributed by atoms with Crippen molar-refractivity contribution in [1.82, 2.24) is 5.32 Å². The SMILES string of the molecule is C[C@@H]1/C(=N\O)C[C@H](c2ccco2)N[C@H]1c1ccco1. The summed E-state index contributed by atoms with van der Waals surface area (Å²) >= 11 is 0. The molecule has 1 aliphatic rings. The first-order valence-corrected chi connectivity index (χ1v) is 6.33. The van der Waals surface area contributed by atoms with Gasteiger partial charge in [0.25, 0.3) is 0 Å². The van der Waals surface area contributed by atoms with Gasteiger partial charge < -0.3 is 14.0 Å². The van der Waals surface area contributed by atoms with Gasteiger partial charge in [-0.25, -0.2) is 0 Å². The van der Waals surface area contributed by atoms with Crippen LogP contribution in [0.2, 0.25) is 0 Å². The van der Waals surface area contributed by atoms with E-state index in [1.165, 1.54) is 0 Å². The van der Waals surface area contributed by atoms with Crippen molar-refractivity contribution in [3.8, 4) is 0 Å². The van der Waals surface area contributed by atoms with Crippen LogP contribution in [0.1, 0.15) is 36.9 Å². The lowest BCUT2D eigenvalue weighted by Crippen LogP contribution is -2.41. The van der Waals surface area contributed by atoms with E-state index >= 15 is 0 Å². The van der Waals surface area contributed by atoms with Gasteiger partial charge in [-0.3, -0.25) is 5.32 Å². The van der Waals surface area contributed by atoms with Gasteiger partial charge in [-0.1, -0.05) is 12.1 Å². The van der Waals surface area contributed by atoms with Crippen LogP contribution in [-0.2, 0) is 0 Å². The van der Waals surface area contributed by atoms with Crippen LogP contribution in [0.4, 0.5) is 0 Å². The molecule has 3 heterocycles. The van der Waals surface area contributed by atoms with Crippen LogP contribution in [0.25, 0.3) is 0 Å². The zero-order valence-corrected chi connectivity index (χ0v) is 10.6. The Balaban J connectivity index is 1.91. The fourth-order valence-corrected chi connectivity index (χ4v) is 2.61. The minimum atomic E-state index is -0.0234. The van der Waals surface area contributed by atoms with Crippen LogP contribution in [-0.4, -0.2) is 10.9 Å². The summed E-state index contributed by atoms with van der Waals surface area (Å²) in [4.78, 5) is 0. The van der Waals surface area contributed by atoms with E-state index in [9.17, 15) is 5.21 Å². The summed E-state index contributed by atoms with van der Waals surface area (Å²) in [6.07, 6.45) is 3.92. The van der Waals surface area contributed by atoms with E-state index in [0.29, 0.717) is 6.42 Å². The zero-order valence-electron chi connectivity index (χ0n) is 10.6. The molecule has 100 valence electrons. The second kappa shape index (κ2) is 4.93. The summed E-state index contributed by atoms with van der Waals surface area (Å²) in [5.74, 6) is 1.75. The molecule has 1 saturated heterocycles. The van der Waals surface area contributed by atoms with E-state index in [0.717, 1.165) is 17.2 Å². The van der Waals surface area contributed by atoms with Crippen LogP contribution >= 0.6 is 0 Å². The molecule has 19 heavy (non-hydrogen) atoms. The summed E-state index contributed by atoms with van der Waals surface area (Å²) < 4.78 is 10.9. The van der Waals surface area contributed by atoms with E-state index < -0.39 is 0 Å². The Labute approximate surface area is 110 Å². The molecule has 2 aromatic heterocycles. The lowest BCUT2D eigenvalue weighted by atomic mass is 9.85. The molecule has 1 fully saturated rings. The Hall–Kier alpha value is -2.01. The third-order valence-corrected chi connectivity index (χ3v) is 3.68. The van der Waals surface area contributed by atoms with E-state index in [-0.39, 0.29) is 18.0 Å². The summed E-state index contributed by atoms with van der Waals surface area (Å²) in [5.41, 5.74) is 0.751. The first-order chi connectivity index (χ1) is 9.29. The summed E-state index contributed by atoms with van der Waals surface area (Å²) in [7, 11) is 0. The van der Waals surface area contributed by atoms with Gasteiger partial charge in [0.05, 0.1) is 30.3 Å². The van der Waals surface area contributed by atoms with E-state index in [1.807, 2.05) is 31.2 Å². The van der Waals surface area contributed by atoms with Crippen molar-refractivity contribution in [3.63, 3.8) is 0 Å². The van der Waals surface area contributed by atoms with E-state index in [1.54, 1.807) is 12.5 Å². The molecule has 0 radical (unpaired) electrons. The lowest BCUT2D eigenvalue weighted by Gasteiger charge is -2.34. The second-order valence-corrected chi connectivity index (χ2v) is 4.81. The quantitative estimate of drug-likeness (QED) is 0.643. The average molecular weight is 260 g/mol. The van der Waals surface area contributed by atoms with Crippen molar-refractivity contribution in [2.24, 2.45) is 11.1 Å². The maximum Gasteiger partial charge on any atom is 0.121 e. The molecular weight excluding hydrogens is 244 g/mol. The number of nitrogens with zero attached hydrogens (tertiary/aromatic N) is 1. The van der Waals surface area contributed by atoms with Gasteiger partial charge >= 0.3 is 0 Å². The highest BCUT2D eigenvalue weighted by Gasteiger charge is 2.36. The molecule has 0 aromatic carbocycles. The lowest BCUT2D eigenvalue weighted by molar-refractivity contribution is 0.267.